The molecule has 1 aromatic carbocycles. The lowest BCUT2D eigenvalue weighted by atomic mass is 10.0. The molecule has 20 heavy (non-hydrogen) atoms. The Kier molecular flexibility index (Phi) is 4.33. The van der Waals surface area contributed by atoms with Crippen LogP contribution in [0.1, 0.15) is 36.9 Å². The van der Waals surface area contributed by atoms with Crippen molar-refractivity contribution in [2.75, 3.05) is 12.8 Å². The monoisotopic (exact) mass is 290 g/mol. The third-order valence-corrected chi connectivity index (χ3v) is 4.80. The summed E-state index contributed by atoms with van der Waals surface area (Å²) in [7, 11) is 1.86. The zero-order chi connectivity index (χ0) is 14.9. The van der Waals surface area contributed by atoms with Gasteiger partial charge in [0.15, 0.2) is 0 Å². The first-order chi connectivity index (χ1) is 9.41. The molecule has 2 aromatic rings. The molecule has 4 heteroatoms. The molecule has 1 atom stereocenters. The van der Waals surface area contributed by atoms with E-state index in [1.807, 2.05) is 31.3 Å². The number of benzene rings is 1. The smallest absolute Gasteiger partial charge is 0.266 e. The highest BCUT2D eigenvalue weighted by Crippen LogP contribution is 2.34. The molecule has 0 aliphatic rings. The maximum atomic E-state index is 12.6. The summed E-state index contributed by atoms with van der Waals surface area (Å²) in [5.41, 5.74) is 6.75. The summed E-state index contributed by atoms with van der Waals surface area (Å²) in [6.07, 6.45) is 0.993. The average Bonchev–Trinajstić information content (AvgIpc) is 2.74. The summed E-state index contributed by atoms with van der Waals surface area (Å²) in [5.74, 6) is 0.594. The zero-order valence-electron chi connectivity index (χ0n) is 12.5. The molecule has 0 fully saturated rings. The van der Waals surface area contributed by atoms with Gasteiger partial charge in [-0.1, -0.05) is 32.0 Å². The van der Waals surface area contributed by atoms with Crippen LogP contribution in [0.25, 0.3) is 10.1 Å². The quantitative estimate of drug-likeness (QED) is 0.925. The molecule has 0 saturated carbocycles. The van der Waals surface area contributed by atoms with Crippen molar-refractivity contribution in [2.24, 2.45) is 5.92 Å². The Bertz CT molecular complexity index is 618. The van der Waals surface area contributed by atoms with Crippen LogP contribution in [-0.2, 0) is 0 Å². The fourth-order valence-corrected chi connectivity index (χ4v) is 3.53. The maximum absolute atomic E-state index is 12.6. The van der Waals surface area contributed by atoms with Gasteiger partial charge in [0.2, 0.25) is 0 Å². The second-order valence-electron chi connectivity index (χ2n) is 5.74. The summed E-state index contributed by atoms with van der Waals surface area (Å²) < 4.78 is 1.07. The Morgan fingerprint density at radius 2 is 1.95 bits per heavy atom. The minimum atomic E-state index is 0.0249. The number of hydrogen-bond acceptors (Lipinski definition) is 3. The van der Waals surface area contributed by atoms with Gasteiger partial charge in [0, 0.05) is 23.2 Å². The van der Waals surface area contributed by atoms with Gasteiger partial charge >= 0.3 is 0 Å². The first-order valence-electron chi connectivity index (χ1n) is 6.96. The van der Waals surface area contributed by atoms with Crippen molar-refractivity contribution >= 4 is 33.0 Å². The van der Waals surface area contributed by atoms with Crippen molar-refractivity contribution in [3.05, 3.63) is 29.1 Å². The highest BCUT2D eigenvalue weighted by atomic mass is 32.1. The van der Waals surface area contributed by atoms with Gasteiger partial charge in [-0.25, -0.2) is 0 Å². The molecule has 0 bridgehead atoms. The van der Waals surface area contributed by atoms with Crippen LogP contribution in [0, 0.1) is 5.92 Å². The lowest BCUT2D eigenvalue weighted by molar-refractivity contribution is 0.0734. The number of thiophene rings is 1. The van der Waals surface area contributed by atoms with Gasteiger partial charge in [0.25, 0.3) is 5.91 Å². The van der Waals surface area contributed by atoms with Crippen molar-refractivity contribution in [3.8, 4) is 0 Å². The Morgan fingerprint density at radius 1 is 1.30 bits per heavy atom. The van der Waals surface area contributed by atoms with Crippen LogP contribution < -0.4 is 5.73 Å². The predicted octanol–water partition coefficient (Wildman–Crippen LogP) is 3.99. The number of nitrogen functional groups attached to an aromatic ring is 1. The molecule has 0 radical (unpaired) electrons. The van der Waals surface area contributed by atoms with Crippen LogP contribution in [0.5, 0.6) is 0 Å². The second-order valence-corrected chi connectivity index (χ2v) is 6.79. The number of carbonyl (C=O) groups excluding carboxylic acids is 1. The van der Waals surface area contributed by atoms with Crippen LogP contribution in [0.2, 0.25) is 0 Å². The highest BCUT2D eigenvalue weighted by molar-refractivity contribution is 7.21. The third-order valence-electron chi connectivity index (χ3n) is 3.62. The molecular weight excluding hydrogens is 268 g/mol. The number of nitrogens with zero attached hydrogens (tertiary/aromatic N) is 1. The largest absolute Gasteiger partial charge is 0.397 e. The van der Waals surface area contributed by atoms with E-state index in [9.17, 15) is 4.79 Å². The lowest BCUT2D eigenvalue weighted by Gasteiger charge is -2.26. The Balaban J connectivity index is 2.29. The van der Waals surface area contributed by atoms with Crippen LogP contribution >= 0.6 is 11.3 Å². The molecule has 1 unspecified atom stereocenters. The fourth-order valence-electron chi connectivity index (χ4n) is 2.42. The van der Waals surface area contributed by atoms with Crippen molar-refractivity contribution < 1.29 is 4.79 Å². The van der Waals surface area contributed by atoms with Gasteiger partial charge < -0.3 is 10.6 Å². The molecule has 2 rings (SSSR count). The molecule has 1 heterocycles. The van der Waals surface area contributed by atoms with Crippen molar-refractivity contribution in [1.29, 1.82) is 0 Å². The van der Waals surface area contributed by atoms with Crippen molar-refractivity contribution in [1.82, 2.24) is 4.90 Å². The Labute approximate surface area is 124 Å². The first kappa shape index (κ1) is 14.9. The number of hydrogen-bond donors (Lipinski definition) is 1. The normalized spacial score (nSPS) is 12.8. The topological polar surface area (TPSA) is 46.3 Å². The number of amides is 1. The molecule has 0 aliphatic carbocycles. The molecule has 108 valence electrons. The standard InChI is InChI=1S/C16H22N2OS/c1-10(2)9-11(3)18(4)16(19)15-14(17)12-7-5-6-8-13(12)20-15/h5-8,10-11H,9,17H2,1-4H3. The van der Waals surface area contributed by atoms with E-state index in [2.05, 4.69) is 20.8 Å². The van der Waals surface area contributed by atoms with Crippen LogP contribution in [-0.4, -0.2) is 23.9 Å². The summed E-state index contributed by atoms with van der Waals surface area (Å²) in [6.45, 7) is 6.42. The van der Waals surface area contributed by atoms with E-state index in [0.29, 0.717) is 16.5 Å². The summed E-state index contributed by atoms with van der Waals surface area (Å²) >= 11 is 1.48. The molecule has 0 spiro atoms. The van der Waals surface area contributed by atoms with Gasteiger partial charge in [-0.05, 0) is 25.3 Å². The number of carbonyl (C=O) groups is 1. The minimum Gasteiger partial charge on any atom is -0.397 e. The number of nitrogens with two attached hydrogens (primary N) is 1. The molecular formula is C16H22N2OS. The Hall–Kier alpha value is -1.55. The third kappa shape index (κ3) is 2.80. The minimum absolute atomic E-state index is 0.0249. The average molecular weight is 290 g/mol. The van der Waals surface area contributed by atoms with Crippen LogP contribution in [0.15, 0.2) is 24.3 Å². The lowest BCUT2D eigenvalue weighted by Crippen LogP contribution is -2.35. The van der Waals surface area contributed by atoms with Crippen molar-refractivity contribution in [3.63, 3.8) is 0 Å². The van der Waals surface area contributed by atoms with Gasteiger partial charge in [-0.2, -0.15) is 0 Å². The van der Waals surface area contributed by atoms with Gasteiger partial charge in [0.1, 0.15) is 4.88 Å². The van der Waals surface area contributed by atoms with E-state index >= 15 is 0 Å². The molecule has 0 saturated heterocycles. The highest BCUT2D eigenvalue weighted by Gasteiger charge is 2.23. The fraction of sp³-hybridized carbons (Fsp3) is 0.438. The van der Waals surface area contributed by atoms with Gasteiger partial charge in [-0.3, -0.25) is 4.79 Å². The predicted molar refractivity (Wildman–Crippen MR) is 87.2 cm³/mol. The first-order valence-corrected chi connectivity index (χ1v) is 7.77. The van der Waals surface area contributed by atoms with Gasteiger partial charge in [0.05, 0.1) is 5.69 Å². The van der Waals surface area contributed by atoms with Crippen LogP contribution in [0.4, 0.5) is 5.69 Å². The molecule has 2 N–H and O–H groups in total. The SMILES string of the molecule is CC(C)CC(C)N(C)C(=O)c1sc2ccccc2c1N. The van der Waals surface area contributed by atoms with E-state index in [0.717, 1.165) is 16.5 Å². The zero-order valence-corrected chi connectivity index (χ0v) is 13.3. The van der Waals surface area contributed by atoms with Crippen LogP contribution in [0.3, 0.4) is 0 Å². The molecule has 0 aliphatic heterocycles. The Morgan fingerprint density at radius 3 is 2.55 bits per heavy atom. The molecule has 3 nitrogen and oxygen atoms in total. The summed E-state index contributed by atoms with van der Waals surface area (Å²) in [6, 6.07) is 8.11. The second kappa shape index (κ2) is 5.83. The molecule has 1 amide bonds. The van der Waals surface area contributed by atoms with E-state index < -0.39 is 0 Å². The maximum Gasteiger partial charge on any atom is 0.266 e. The number of rotatable bonds is 4. The number of anilines is 1. The van der Waals surface area contributed by atoms with E-state index in [1.54, 1.807) is 4.90 Å². The van der Waals surface area contributed by atoms with E-state index in [1.165, 1.54) is 11.3 Å². The van der Waals surface area contributed by atoms with E-state index in [-0.39, 0.29) is 11.9 Å². The summed E-state index contributed by atoms with van der Waals surface area (Å²) in [4.78, 5) is 15.1. The number of fused-ring (bicyclic) bond motifs is 1. The summed E-state index contributed by atoms with van der Waals surface area (Å²) in [5, 5.41) is 0.978. The van der Waals surface area contributed by atoms with Gasteiger partial charge in [-0.15, -0.1) is 11.3 Å². The van der Waals surface area contributed by atoms with E-state index in [4.69, 9.17) is 5.73 Å². The molecule has 1 aromatic heterocycles. The van der Waals surface area contributed by atoms with Crippen molar-refractivity contribution in [2.45, 2.75) is 33.2 Å².